The predicted octanol–water partition coefficient (Wildman–Crippen LogP) is 0.623. The minimum Gasteiger partial charge on any atom is -0.323 e. The quantitative estimate of drug-likeness (QED) is 0.859. The molecule has 1 saturated heterocycles. The molecule has 1 aliphatic heterocycles. The van der Waals surface area contributed by atoms with E-state index in [-0.39, 0.29) is 17.2 Å². The zero-order chi connectivity index (χ0) is 14.1. The summed E-state index contributed by atoms with van der Waals surface area (Å²) >= 11 is 0. The van der Waals surface area contributed by atoms with E-state index in [1.165, 1.54) is 4.31 Å². The molecular weight excluding hydrogens is 262 g/mol. The number of hydrogen-bond donors (Lipinski definition) is 1. The number of rotatable bonds is 5. The van der Waals surface area contributed by atoms with Crippen molar-refractivity contribution < 1.29 is 8.42 Å². The van der Waals surface area contributed by atoms with Crippen molar-refractivity contribution >= 4 is 10.0 Å². The van der Waals surface area contributed by atoms with Crippen molar-refractivity contribution in [1.82, 2.24) is 9.29 Å². The zero-order valence-corrected chi connectivity index (χ0v) is 12.2. The van der Waals surface area contributed by atoms with Crippen LogP contribution in [0.2, 0.25) is 0 Å². The van der Waals surface area contributed by atoms with E-state index in [9.17, 15) is 8.42 Å². The molecule has 2 heterocycles. The fraction of sp³-hybridized carbons (Fsp3) is 0.615. The second kappa shape index (κ2) is 5.19. The first-order chi connectivity index (χ1) is 8.83. The summed E-state index contributed by atoms with van der Waals surface area (Å²) in [5.41, 5.74) is 6.56. The van der Waals surface area contributed by atoms with Gasteiger partial charge in [0.05, 0.1) is 5.75 Å². The summed E-state index contributed by atoms with van der Waals surface area (Å²) in [6, 6.07) is 5.52. The molecule has 19 heavy (non-hydrogen) atoms. The second-order valence-electron chi connectivity index (χ2n) is 5.54. The maximum atomic E-state index is 12.1. The molecule has 5 nitrogen and oxygen atoms in total. The number of hydrogen-bond acceptors (Lipinski definition) is 4. The molecule has 1 fully saturated rings. The average molecular weight is 283 g/mol. The highest BCUT2D eigenvalue weighted by Gasteiger charge is 2.46. The lowest BCUT2D eigenvalue weighted by Gasteiger charge is -2.49. The molecule has 0 unspecified atom stereocenters. The highest BCUT2D eigenvalue weighted by Crippen LogP contribution is 2.28. The summed E-state index contributed by atoms with van der Waals surface area (Å²) in [5.74, 6) is 0.382. The lowest BCUT2D eigenvalue weighted by Crippen LogP contribution is -2.71. The van der Waals surface area contributed by atoms with Crippen LogP contribution in [0.1, 0.15) is 19.5 Å². The highest BCUT2D eigenvalue weighted by molar-refractivity contribution is 7.89. The van der Waals surface area contributed by atoms with Gasteiger partial charge in [0.2, 0.25) is 10.0 Å². The zero-order valence-electron chi connectivity index (χ0n) is 11.4. The Morgan fingerprint density at radius 3 is 2.63 bits per heavy atom. The average Bonchev–Trinajstić information content (AvgIpc) is 2.33. The van der Waals surface area contributed by atoms with Crippen LogP contribution in [0.4, 0.5) is 0 Å². The van der Waals surface area contributed by atoms with Crippen LogP contribution in [0, 0.1) is 5.92 Å². The molecular formula is C13H21N3O2S. The third kappa shape index (κ3) is 3.13. The number of pyridine rings is 1. The van der Waals surface area contributed by atoms with Crippen molar-refractivity contribution in [2.24, 2.45) is 11.7 Å². The van der Waals surface area contributed by atoms with Crippen molar-refractivity contribution in [2.75, 3.05) is 18.8 Å². The highest BCUT2D eigenvalue weighted by atomic mass is 32.2. The number of aryl methyl sites for hydroxylation is 1. The van der Waals surface area contributed by atoms with Crippen LogP contribution in [-0.2, 0) is 16.4 Å². The molecule has 0 bridgehead atoms. The lowest BCUT2D eigenvalue weighted by atomic mass is 9.82. The van der Waals surface area contributed by atoms with Crippen LogP contribution in [0.3, 0.4) is 0 Å². The first kappa shape index (κ1) is 14.4. The van der Waals surface area contributed by atoms with Crippen molar-refractivity contribution in [1.29, 1.82) is 0 Å². The fourth-order valence-electron chi connectivity index (χ4n) is 2.08. The number of nitrogens with two attached hydrogens (primary N) is 1. The summed E-state index contributed by atoms with van der Waals surface area (Å²) in [7, 11) is -3.21. The summed E-state index contributed by atoms with van der Waals surface area (Å²) in [6.07, 6.45) is 2.12. The third-order valence-electron chi connectivity index (χ3n) is 3.83. The monoisotopic (exact) mass is 283 g/mol. The maximum absolute atomic E-state index is 12.1. The molecule has 1 aromatic heterocycles. The van der Waals surface area contributed by atoms with Gasteiger partial charge in [-0.15, -0.1) is 0 Å². The van der Waals surface area contributed by atoms with Gasteiger partial charge in [-0.2, -0.15) is 4.31 Å². The molecule has 6 heteroatoms. The molecule has 0 radical (unpaired) electrons. The van der Waals surface area contributed by atoms with E-state index in [1.807, 2.05) is 32.0 Å². The Bertz CT molecular complexity index is 522. The van der Waals surface area contributed by atoms with Crippen LogP contribution in [0.25, 0.3) is 0 Å². The Morgan fingerprint density at radius 2 is 2.11 bits per heavy atom. The molecule has 2 N–H and O–H groups in total. The molecule has 0 atom stereocenters. The Hall–Kier alpha value is -0.980. The molecule has 0 amide bonds. The van der Waals surface area contributed by atoms with Gasteiger partial charge < -0.3 is 5.73 Å². The minimum atomic E-state index is -3.21. The van der Waals surface area contributed by atoms with Gasteiger partial charge in [-0.25, -0.2) is 8.42 Å². The second-order valence-corrected chi connectivity index (χ2v) is 7.63. The Balaban J connectivity index is 1.91. The molecule has 106 valence electrons. The van der Waals surface area contributed by atoms with Crippen molar-refractivity contribution in [3.8, 4) is 0 Å². The summed E-state index contributed by atoms with van der Waals surface area (Å²) in [6.45, 7) is 4.90. The van der Waals surface area contributed by atoms with E-state index < -0.39 is 10.0 Å². The van der Waals surface area contributed by atoms with Crippen LogP contribution < -0.4 is 5.73 Å². The Morgan fingerprint density at radius 1 is 1.42 bits per heavy atom. The topological polar surface area (TPSA) is 76.3 Å². The van der Waals surface area contributed by atoms with E-state index in [0.717, 1.165) is 5.69 Å². The van der Waals surface area contributed by atoms with Crippen molar-refractivity contribution in [2.45, 2.75) is 25.8 Å². The van der Waals surface area contributed by atoms with E-state index in [0.29, 0.717) is 19.5 Å². The van der Waals surface area contributed by atoms with Crippen LogP contribution in [0.15, 0.2) is 24.4 Å². The third-order valence-corrected chi connectivity index (χ3v) is 5.59. The predicted molar refractivity (Wildman–Crippen MR) is 75.1 cm³/mol. The lowest BCUT2D eigenvalue weighted by molar-refractivity contribution is 0.110. The van der Waals surface area contributed by atoms with Gasteiger partial charge in [0.1, 0.15) is 0 Å². The van der Waals surface area contributed by atoms with Gasteiger partial charge in [-0.05, 0) is 18.1 Å². The standard InChI is InChI=1S/C13H21N3O2S/c1-11(2)13(14)9-16(10-13)19(17,18)8-6-12-5-3-4-7-15-12/h3-5,7,11H,6,8-10,14H2,1-2H3. The molecule has 1 aromatic rings. The summed E-state index contributed by atoms with van der Waals surface area (Å²) < 4.78 is 25.8. The van der Waals surface area contributed by atoms with E-state index in [1.54, 1.807) is 6.20 Å². The van der Waals surface area contributed by atoms with Crippen molar-refractivity contribution in [3.05, 3.63) is 30.1 Å². The SMILES string of the molecule is CC(C)C1(N)CN(S(=O)(=O)CCc2ccccn2)C1. The van der Waals surface area contributed by atoms with Gasteiger partial charge >= 0.3 is 0 Å². The van der Waals surface area contributed by atoms with Crippen LogP contribution in [0.5, 0.6) is 0 Å². The maximum Gasteiger partial charge on any atom is 0.214 e. The van der Waals surface area contributed by atoms with Crippen LogP contribution in [-0.4, -0.2) is 42.1 Å². The largest absolute Gasteiger partial charge is 0.323 e. The van der Waals surface area contributed by atoms with E-state index in [4.69, 9.17) is 5.73 Å². The first-order valence-electron chi connectivity index (χ1n) is 6.50. The molecule has 0 saturated carbocycles. The summed E-state index contributed by atoms with van der Waals surface area (Å²) in [4.78, 5) is 4.13. The van der Waals surface area contributed by atoms with E-state index in [2.05, 4.69) is 4.98 Å². The Labute approximate surface area is 114 Å². The minimum absolute atomic E-state index is 0.0954. The molecule has 2 rings (SSSR count). The van der Waals surface area contributed by atoms with E-state index >= 15 is 0 Å². The molecule has 0 spiro atoms. The first-order valence-corrected chi connectivity index (χ1v) is 8.11. The van der Waals surface area contributed by atoms with Gasteiger partial charge in [0, 0.05) is 36.9 Å². The normalized spacial score (nSPS) is 19.4. The molecule has 0 aliphatic carbocycles. The Kier molecular flexibility index (Phi) is 3.94. The number of nitrogens with zero attached hydrogens (tertiary/aromatic N) is 2. The number of sulfonamides is 1. The molecule has 1 aliphatic rings. The molecule has 0 aromatic carbocycles. The summed E-state index contributed by atoms with van der Waals surface area (Å²) in [5, 5.41) is 0. The fourth-order valence-corrected chi connectivity index (χ4v) is 3.68. The van der Waals surface area contributed by atoms with Crippen LogP contribution >= 0.6 is 0 Å². The van der Waals surface area contributed by atoms with Gasteiger partial charge in [-0.1, -0.05) is 19.9 Å². The van der Waals surface area contributed by atoms with Gasteiger partial charge in [0.15, 0.2) is 0 Å². The van der Waals surface area contributed by atoms with Crippen molar-refractivity contribution in [3.63, 3.8) is 0 Å². The van der Waals surface area contributed by atoms with Gasteiger partial charge in [0.25, 0.3) is 0 Å². The smallest absolute Gasteiger partial charge is 0.214 e. The van der Waals surface area contributed by atoms with Gasteiger partial charge in [-0.3, -0.25) is 4.98 Å². The number of aromatic nitrogens is 1.